The van der Waals surface area contributed by atoms with E-state index in [9.17, 15) is 4.79 Å². The topological polar surface area (TPSA) is 97.4 Å². The molecule has 0 saturated carbocycles. The Kier molecular flexibility index (Phi) is 2.21. The van der Waals surface area contributed by atoms with Crippen LogP contribution in [0.3, 0.4) is 0 Å². The monoisotopic (exact) mass is 201 g/mol. The van der Waals surface area contributed by atoms with E-state index in [-0.39, 0.29) is 5.69 Å². The predicted octanol–water partition coefficient (Wildman–Crippen LogP) is 0.713. The molecular weight excluding hydrogens is 194 g/mol. The van der Waals surface area contributed by atoms with E-state index < -0.39 is 5.69 Å². The Labute approximate surface area is 84.6 Å². The van der Waals surface area contributed by atoms with Crippen molar-refractivity contribution in [3.63, 3.8) is 0 Å². The maximum absolute atomic E-state index is 11.0. The van der Waals surface area contributed by atoms with E-state index in [2.05, 4.69) is 20.3 Å². The molecule has 0 aromatic carbocycles. The van der Waals surface area contributed by atoms with E-state index in [4.69, 9.17) is 5.26 Å². The van der Waals surface area contributed by atoms with Crippen LogP contribution >= 0.6 is 0 Å². The molecule has 2 aromatic heterocycles. The van der Waals surface area contributed by atoms with Crippen LogP contribution < -0.4 is 11.0 Å². The van der Waals surface area contributed by atoms with Crippen LogP contribution in [-0.4, -0.2) is 15.0 Å². The number of aromatic nitrogens is 3. The second-order valence-electron chi connectivity index (χ2n) is 2.81. The maximum Gasteiger partial charge on any atom is 0.347 e. The van der Waals surface area contributed by atoms with Crippen LogP contribution in [0.2, 0.25) is 0 Å². The van der Waals surface area contributed by atoms with Gasteiger partial charge < -0.3 is 10.3 Å². The third-order valence-corrected chi connectivity index (χ3v) is 1.73. The summed E-state index contributed by atoms with van der Waals surface area (Å²) in [5.41, 5.74) is -0.382. The molecule has 74 valence electrons. The van der Waals surface area contributed by atoms with Crippen molar-refractivity contribution in [2.24, 2.45) is 0 Å². The number of nitriles is 1. The average Bonchev–Trinajstić information content (AvgIpc) is 2.69. The number of rotatable bonds is 2. The molecule has 0 aliphatic heterocycles. The number of nitrogens with one attached hydrogen (secondary N) is 3. The lowest BCUT2D eigenvalue weighted by atomic mass is 10.4. The number of aromatic amines is 2. The summed E-state index contributed by atoms with van der Waals surface area (Å²) in [4.78, 5) is 19.9. The fourth-order valence-electron chi connectivity index (χ4n) is 1.13. The van der Waals surface area contributed by atoms with Crippen molar-refractivity contribution >= 4 is 11.6 Å². The summed E-state index contributed by atoms with van der Waals surface area (Å²) < 4.78 is 0. The predicted molar refractivity (Wildman–Crippen MR) is 53.6 cm³/mol. The molecule has 0 unspecified atom stereocenters. The number of H-pyrrole nitrogens is 2. The maximum atomic E-state index is 11.0. The lowest BCUT2D eigenvalue weighted by molar-refractivity contribution is 1.06. The number of hydrogen-bond donors (Lipinski definition) is 3. The summed E-state index contributed by atoms with van der Waals surface area (Å²) in [5, 5.41) is 11.5. The quantitative estimate of drug-likeness (QED) is 0.666. The lowest BCUT2D eigenvalue weighted by Gasteiger charge is -2.01. The van der Waals surface area contributed by atoms with Crippen molar-refractivity contribution < 1.29 is 0 Å². The number of hydrogen-bond acceptors (Lipinski definition) is 4. The van der Waals surface area contributed by atoms with E-state index in [1.807, 2.05) is 6.07 Å². The summed E-state index contributed by atoms with van der Waals surface area (Å²) in [6.45, 7) is 0. The minimum Gasteiger partial charge on any atom is -0.348 e. The Balaban J connectivity index is 2.34. The molecule has 0 atom stereocenters. The Morgan fingerprint density at radius 3 is 3.07 bits per heavy atom. The van der Waals surface area contributed by atoms with Gasteiger partial charge in [0.05, 0.1) is 0 Å². The van der Waals surface area contributed by atoms with Crippen LogP contribution in [0.5, 0.6) is 0 Å². The van der Waals surface area contributed by atoms with Crippen molar-refractivity contribution in [2.75, 3.05) is 5.32 Å². The van der Waals surface area contributed by atoms with Crippen molar-refractivity contribution in [3.8, 4) is 6.07 Å². The van der Waals surface area contributed by atoms with E-state index in [0.29, 0.717) is 11.6 Å². The van der Waals surface area contributed by atoms with Gasteiger partial charge in [-0.25, -0.2) is 4.79 Å². The fourth-order valence-corrected chi connectivity index (χ4v) is 1.13. The van der Waals surface area contributed by atoms with E-state index in [1.165, 1.54) is 6.07 Å². The molecule has 3 N–H and O–H groups in total. The van der Waals surface area contributed by atoms with Crippen LogP contribution in [0.25, 0.3) is 0 Å². The molecule has 6 heteroatoms. The second kappa shape index (κ2) is 3.67. The first-order valence-corrected chi connectivity index (χ1v) is 4.20. The second-order valence-corrected chi connectivity index (χ2v) is 2.81. The molecular formula is C9H7N5O. The highest BCUT2D eigenvalue weighted by Crippen LogP contribution is 2.09. The zero-order chi connectivity index (χ0) is 10.7. The van der Waals surface area contributed by atoms with Gasteiger partial charge in [0.1, 0.15) is 23.4 Å². The summed E-state index contributed by atoms with van der Waals surface area (Å²) in [5.74, 6) is 1.04. The van der Waals surface area contributed by atoms with Crippen molar-refractivity contribution in [2.45, 2.75) is 0 Å². The first-order valence-electron chi connectivity index (χ1n) is 4.20. The number of nitrogens with zero attached hydrogens (tertiary/aromatic N) is 2. The van der Waals surface area contributed by atoms with Gasteiger partial charge >= 0.3 is 5.69 Å². The molecule has 0 spiro atoms. The zero-order valence-electron chi connectivity index (χ0n) is 7.61. The van der Waals surface area contributed by atoms with Gasteiger partial charge in [-0.05, 0) is 12.1 Å². The molecule has 0 radical (unpaired) electrons. The largest absolute Gasteiger partial charge is 0.348 e. The molecule has 0 fully saturated rings. The van der Waals surface area contributed by atoms with E-state index >= 15 is 0 Å². The average molecular weight is 201 g/mol. The highest BCUT2D eigenvalue weighted by Gasteiger charge is 2.00. The third kappa shape index (κ3) is 2.03. The highest BCUT2D eigenvalue weighted by molar-refractivity contribution is 5.52. The summed E-state index contributed by atoms with van der Waals surface area (Å²) in [6, 6.07) is 6.90. The zero-order valence-corrected chi connectivity index (χ0v) is 7.61. The summed E-state index contributed by atoms with van der Waals surface area (Å²) in [7, 11) is 0. The van der Waals surface area contributed by atoms with Gasteiger partial charge in [-0.15, -0.1) is 0 Å². The van der Waals surface area contributed by atoms with Crippen molar-refractivity contribution in [1.82, 2.24) is 15.0 Å². The minimum atomic E-state index is -0.553. The van der Waals surface area contributed by atoms with Crippen LogP contribution in [0.4, 0.5) is 11.6 Å². The lowest BCUT2D eigenvalue weighted by Crippen LogP contribution is -2.13. The first kappa shape index (κ1) is 9.02. The Morgan fingerprint density at radius 2 is 2.40 bits per heavy atom. The molecule has 0 aliphatic rings. The van der Waals surface area contributed by atoms with E-state index in [1.54, 1.807) is 18.3 Å². The molecule has 2 heterocycles. The standard InChI is InChI=1S/C9H7N5O/c10-5-6-4-8(14-9(15)12-6)13-7-2-1-3-11-7/h1-4,11H,(H2,12,13,14,15). The van der Waals surface area contributed by atoms with Gasteiger partial charge in [0.2, 0.25) is 0 Å². The minimum absolute atomic E-state index is 0.170. The highest BCUT2D eigenvalue weighted by atomic mass is 16.1. The van der Waals surface area contributed by atoms with Gasteiger partial charge in [0.15, 0.2) is 0 Å². The summed E-state index contributed by atoms with van der Waals surface area (Å²) in [6.07, 6.45) is 1.74. The molecule has 0 bridgehead atoms. The molecule has 0 aliphatic carbocycles. The number of anilines is 2. The van der Waals surface area contributed by atoms with Crippen molar-refractivity contribution in [1.29, 1.82) is 5.26 Å². The SMILES string of the molecule is N#Cc1cc(Nc2ccc[nH]2)nc(=O)[nH]1. The van der Waals surface area contributed by atoms with Crippen LogP contribution in [0, 0.1) is 11.3 Å². The van der Waals surface area contributed by atoms with Crippen LogP contribution in [0.1, 0.15) is 5.69 Å². The third-order valence-electron chi connectivity index (χ3n) is 1.73. The van der Waals surface area contributed by atoms with Crippen LogP contribution in [0.15, 0.2) is 29.2 Å². The Bertz CT molecular complexity index is 549. The van der Waals surface area contributed by atoms with Gasteiger partial charge in [0.25, 0.3) is 0 Å². The normalized spacial score (nSPS) is 9.53. The van der Waals surface area contributed by atoms with E-state index in [0.717, 1.165) is 0 Å². The Morgan fingerprint density at radius 1 is 1.53 bits per heavy atom. The Hall–Kier alpha value is -2.55. The molecule has 0 saturated heterocycles. The molecule has 15 heavy (non-hydrogen) atoms. The van der Waals surface area contributed by atoms with Crippen LogP contribution in [-0.2, 0) is 0 Å². The first-order chi connectivity index (χ1) is 7.28. The van der Waals surface area contributed by atoms with Gasteiger partial charge in [-0.2, -0.15) is 10.2 Å². The van der Waals surface area contributed by atoms with Gasteiger partial charge in [0, 0.05) is 12.3 Å². The smallest absolute Gasteiger partial charge is 0.347 e. The summed E-state index contributed by atoms with van der Waals surface area (Å²) >= 11 is 0. The van der Waals surface area contributed by atoms with Gasteiger partial charge in [-0.3, -0.25) is 4.98 Å². The molecule has 2 aromatic rings. The molecule has 0 amide bonds. The fraction of sp³-hybridized carbons (Fsp3) is 0. The van der Waals surface area contributed by atoms with Gasteiger partial charge in [-0.1, -0.05) is 0 Å². The molecule has 2 rings (SSSR count). The molecule has 6 nitrogen and oxygen atoms in total. The van der Waals surface area contributed by atoms with Crippen molar-refractivity contribution in [3.05, 3.63) is 40.6 Å².